The topological polar surface area (TPSA) is 70.7 Å². The molecule has 2 saturated heterocycles. The molecule has 0 aromatic heterocycles. The molecule has 1 spiro atoms. The summed E-state index contributed by atoms with van der Waals surface area (Å²) < 4.78 is 6.29. The molecule has 2 aliphatic heterocycles. The van der Waals surface area contributed by atoms with Crippen molar-refractivity contribution in [3.05, 3.63) is 30.3 Å². The molecule has 2 heterocycles. The van der Waals surface area contributed by atoms with E-state index < -0.39 is 0 Å². The molecule has 3 fully saturated rings. The van der Waals surface area contributed by atoms with Crippen LogP contribution in [0.15, 0.2) is 30.3 Å². The van der Waals surface area contributed by atoms with Crippen LogP contribution >= 0.6 is 0 Å². The van der Waals surface area contributed by atoms with E-state index in [1.54, 1.807) is 0 Å². The first kappa shape index (κ1) is 18.3. The third-order valence-electron chi connectivity index (χ3n) is 6.27. The molecule has 4 rings (SSSR count). The lowest BCUT2D eigenvalue weighted by molar-refractivity contribution is -0.146. The zero-order valence-electron chi connectivity index (χ0n) is 15.9. The summed E-state index contributed by atoms with van der Waals surface area (Å²) in [6.45, 7) is 4.22. The van der Waals surface area contributed by atoms with Gasteiger partial charge in [-0.15, -0.1) is 0 Å². The quantitative estimate of drug-likeness (QED) is 0.855. The minimum absolute atomic E-state index is 0.0372. The second kappa shape index (κ2) is 7.50. The highest BCUT2D eigenvalue weighted by molar-refractivity contribution is 5.89. The Labute approximate surface area is 160 Å². The normalized spacial score (nSPS) is 30.3. The standard InChI is InChI=1S/C21H29N3O3/c1-15-14-24(20(26)23-17-5-3-2-4-6-17)12-11-21(15)10-9-18(27-21)19(25)22-13-16-7-8-16/h2-6,15-16,18H,7-14H2,1H3,(H,22,25)(H,23,26)/t15-,18+,21+/m0/s1. The number of anilines is 1. The molecule has 3 amide bonds. The molecule has 2 N–H and O–H groups in total. The van der Waals surface area contributed by atoms with Gasteiger partial charge >= 0.3 is 6.03 Å². The Morgan fingerprint density at radius 3 is 2.67 bits per heavy atom. The minimum atomic E-state index is -0.337. The highest BCUT2D eigenvalue weighted by atomic mass is 16.5. The minimum Gasteiger partial charge on any atom is -0.362 e. The fourth-order valence-electron chi connectivity index (χ4n) is 4.26. The van der Waals surface area contributed by atoms with E-state index in [-0.39, 0.29) is 29.6 Å². The maximum Gasteiger partial charge on any atom is 0.321 e. The molecule has 3 aliphatic rings. The molecule has 0 radical (unpaired) electrons. The monoisotopic (exact) mass is 371 g/mol. The predicted octanol–water partition coefficient (Wildman–Crippen LogP) is 3.00. The lowest BCUT2D eigenvalue weighted by Gasteiger charge is -2.44. The van der Waals surface area contributed by atoms with Gasteiger partial charge in [0.1, 0.15) is 6.10 Å². The fourth-order valence-corrected chi connectivity index (χ4v) is 4.26. The zero-order chi connectivity index (χ0) is 18.9. The Kier molecular flexibility index (Phi) is 5.08. The van der Waals surface area contributed by atoms with Gasteiger partial charge in [0.05, 0.1) is 5.60 Å². The van der Waals surface area contributed by atoms with Crippen LogP contribution in [-0.4, -0.2) is 48.2 Å². The number of rotatable bonds is 4. The third kappa shape index (κ3) is 4.10. The number of carbonyl (C=O) groups is 2. The molecular weight excluding hydrogens is 342 g/mol. The highest BCUT2D eigenvalue weighted by Crippen LogP contribution is 2.42. The van der Waals surface area contributed by atoms with Gasteiger partial charge in [-0.05, 0) is 50.2 Å². The summed E-state index contributed by atoms with van der Waals surface area (Å²) in [4.78, 5) is 26.8. The summed E-state index contributed by atoms with van der Waals surface area (Å²) in [5.41, 5.74) is 0.533. The number of para-hydroxylation sites is 1. The smallest absolute Gasteiger partial charge is 0.321 e. The Hall–Kier alpha value is -2.08. The number of urea groups is 1. The van der Waals surface area contributed by atoms with Crippen LogP contribution in [0.3, 0.4) is 0 Å². The first-order valence-corrected chi connectivity index (χ1v) is 10.1. The van der Waals surface area contributed by atoms with Gasteiger partial charge in [-0.1, -0.05) is 25.1 Å². The second-order valence-corrected chi connectivity index (χ2v) is 8.29. The van der Waals surface area contributed by atoms with E-state index in [9.17, 15) is 9.59 Å². The van der Waals surface area contributed by atoms with Crippen LogP contribution in [0.4, 0.5) is 10.5 Å². The third-order valence-corrected chi connectivity index (χ3v) is 6.27. The molecule has 27 heavy (non-hydrogen) atoms. The van der Waals surface area contributed by atoms with Crippen LogP contribution in [0.5, 0.6) is 0 Å². The van der Waals surface area contributed by atoms with Gasteiger partial charge in [-0.2, -0.15) is 0 Å². The molecule has 3 atom stereocenters. The van der Waals surface area contributed by atoms with Crippen molar-refractivity contribution in [2.75, 3.05) is 25.0 Å². The molecule has 0 bridgehead atoms. The van der Waals surface area contributed by atoms with E-state index in [2.05, 4.69) is 17.6 Å². The van der Waals surface area contributed by atoms with Crippen molar-refractivity contribution in [2.45, 2.75) is 50.7 Å². The van der Waals surface area contributed by atoms with E-state index >= 15 is 0 Å². The summed E-state index contributed by atoms with van der Waals surface area (Å²) in [7, 11) is 0. The van der Waals surface area contributed by atoms with Gasteiger partial charge < -0.3 is 20.3 Å². The van der Waals surface area contributed by atoms with Crippen LogP contribution in [0.2, 0.25) is 0 Å². The van der Waals surface area contributed by atoms with Crippen molar-refractivity contribution in [3.63, 3.8) is 0 Å². The number of hydrogen-bond donors (Lipinski definition) is 2. The van der Waals surface area contributed by atoms with Gasteiger partial charge in [0.2, 0.25) is 5.91 Å². The maximum atomic E-state index is 12.6. The Morgan fingerprint density at radius 2 is 1.96 bits per heavy atom. The molecular formula is C21H29N3O3. The van der Waals surface area contributed by atoms with Gasteiger partial charge in [0, 0.05) is 31.2 Å². The summed E-state index contributed by atoms with van der Waals surface area (Å²) in [6, 6.07) is 9.44. The molecule has 1 aromatic rings. The van der Waals surface area contributed by atoms with Crippen molar-refractivity contribution < 1.29 is 14.3 Å². The number of carbonyl (C=O) groups excluding carboxylic acids is 2. The highest BCUT2D eigenvalue weighted by Gasteiger charge is 2.49. The molecule has 6 nitrogen and oxygen atoms in total. The molecule has 6 heteroatoms. The second-order valence-electron chi connectivity index (χ2n) is 8.29. The van der Waals surface area contributed by atoms with E-state index in [1.807, 2.05) is 35.2 Å². The van der Waals surface area contributed by atoms with Crippen LogP contribution < -0.4 is 10.6 Å². The molecule has 1 aromatic carbocycles. The lowest BCUT2D eigenvalue weighted by atomic mass is 9.80. The summed E-state index contributed by atoms with van der Waals surface area (Å²) in [5.74, 6) is 0.916. The summed E-state index contributed by atoms with van der Waals surface area (Å²) in [5, 5.41) is 5.99. The SMILES string of the molecule is C[C@H]1CN(C(=O)Nc2ccccc2)CC[C@]12CC[C@H](C(=O)NCC1CC1)O2. The molecule has 1 saturated carbocycles. The van der Waals surface area contributed by atoms with E-state index in [0.29, 0.717) is 19.0 Å². The number of benzene rings is 1. The average molecular weight is 371 g/mol. The number of nitrogens with zero attached hydrogens (tertiary/aromatic N) is 1. The van der Waals surface area contributed by atoms with Gasteiger partial charge in [0.15, 0.2) is 0 Å². The van der Waals surface area contributed by atoms with Gasteiger partial charge in [-0.3, -0.25) is 4.79 Å². The van der Waals surface area contributed by atoms with Crippen LogP contribution in [0.25, 0.3) is 0 Å². The van der Waals surface area contributed by atoms with Crippen molar-refractivity contribution in [3.8, 4) is 0 Å². The lowest BCUT2D eigenvalue weighted by Crippen LogP contribution is -2.54. The van der Waals surface area contributed by atoms with Crippen molar-refractivity contribution in [1.82, 2.24) is 10.2 Å². The predicted molar refractivity (Wildman–Crippen MR) is 103 cm³/mol. The number of piperidine rings is 1. The first-order valence-electron chi connectivity index (χ1n) is 10.1. The van der Waals surface area contributed by atoms with Crippen LogP contribution in [-0.2, 0) is 9.53 Å². The largest absolute Gasteiger partial charge is 0.362 e. The number of likely N-dealkylation sites (tertiary alicyclic amines) is 1. The van der Waals surface area contributed by atoms with E-state index in [4.69, 9.17) is 4.74 Å². The maximum absolute atomic E-state index is 12.6. The number of amides is 3. The molecule has 1 aliphatic carbocycles. The van der Waals surface area contributed by atoms with Crippen molar-refractivity contribution >= 4 is 17.6 Å². The Bertz CT molecular complexity index is 691. The van der Waals surface area contributed by atoms with Crippen molar-refractivity contribution in [2.24, 2.45) is 11.8 Å². The number of nitrogens with one attached hydrogen (secondary N) is 2. The zero-order valence-corrected chi connectivity index (χ0v) is 15.9. The first-order chi connectivity index (χ1) is 13.1. The van der Waals surface area contributed by atoms with Gasteiger partial charge in [0.25, 0.3) is 0 Å². The Balaban J connectivity index is 1.30. The summed E-state index contributed by atoms with van der Waals surface area (Å²) >= 11 is 0. The average Bonchev–Trinajstić information content (AvgIpc) is 3.41. The summed E-state index contributed by atoms with van der Waals surface area (Å²) in [6.07, 6.45) is 4.57. The molecule has 0 unspecified atom stereocenters. The van der Waals surface area contributed by atoms with E-state index in [1.165, 1.54) is 12.8 Å². The van der Waals surface area contributed by atoms with E-state index in [0.717, 1.165) is 31.5 Å². The Morgan fingerprint density at radius 1 is 1.19 bits per heavy atom. The van der Waals surface area contributed by atoms with Crippen LogP contribution in [0, 0.1) is 11.8 Å². The molecule has 146 valence electrons. The van der Waals surface area contributed by atoms with Crippen LogP contribution in [0.1, 0.15) is 39.0 Å². The van der Waals surface area contributed by atoms with Crippen molar-refractivity contribution in [1.29, 1.82) is 0 Å². The van der Waals surface area contributed by atoms with Gasteiger partial charge in [-0.25, -0.2) is 4.79 Å². The number of hydrogen-bond acceptors (Lipinski definition) is 3. The fraction of sp³-hybridized carbons (Fsp3) is 0.619. The number of ether oxygens (including phenoxy) is 1.